The average molecular weight is 513 g/mol. The Bertz CT molecular complexity index is 1160. The lowest BCUT2D eigenvalue weighted by atomic mass is 10.1. The van der Waals surface area contributed by atoms with Crippen molar-refractivity contribution in [2.45, 2.75) is 0 Å². The number of halogens is 3. The summed E-state index contributed by atoms with van der Waals surface area (Å²) in [4.78, 5) is 14.9. The van der Waals surface area contributed by atoms with Crippen LogP contribution in [-0.2, 0) is 0 Å². The Kier molecular flexibility index (Phi) is 6.71. The first-order valence-corrected chi connectivity index (χ1v) is 9.73. The van der Waals surface area contributed by atoms with E-state index in [1.165, 1.54) is 23.5 Å². The highest BCUT2D eigenvalue weighted by molar-refractivity contribution is 7.13. The fourth-order valence-corrected chi connectivity index (χ4v) is 3.76. The molecule has 0 fully saturated rings. The first-order valence-electron chi connectivity index (χ1n) is 8.10. The summed E-state index contributed by atoms with van der Waals surface area (Å²) in [5.74, 6) is 1.11. The number of aromatic nitrogens is 1. The first kappa shape index (κ1) is 21.5. The van der Waals surface area contributed by atoms with Crippen molar-refractivity contribution in [3.05, 3.63) is 80.1 Å². The van der Waals surface area contributed by atoms with Gasteiger partial charge in [-0.25, -0.2) is 0 Å². The van der Waals surface area contributed by atoms with Crippen LogP contribution in [0.1, 0.15) is 0 Å². The fourth-order valence-electron chi connectivity index (χ4n) is 2.61. The Balaban J connectivity index is 0.00000240. The molecule has 0 saturated carbocycles. The molecule has 0 spiro atoms. The lowest BCUT2D eigenvalue weighted by Gasteiger charge is -2.00. The topological polar surface area (TPSA) is 85.8 Å². The van der Waals surface area contributed by atoms with E-state index < -0.39 is 4.92 Å². The van der Waals surface area contributed by atoms with Crippen LogP contribution >= 0.6 is 34.5 Å². The van der Waals surface area contributed by atoms with Gasteiger partial charge in [-0.1, -0.05) is 34.5 Å². The molecular formula is C19H12BrCl2N3O3S. The molecule has 4 aromatic rings. The van der Waals surface area contributed by atoms with Crippen LogP contribution in [0.5, 0.6) is 0 Å². The lowest BCUT2D eigenvalue weighted by molar-refractivity contribution is -0.478. The van der Waals surface area contributed by atoms with Gasteiger partial charge in [0.2, 0.25) is 0 Å². The standard InChI is InChI=1S/C19H11Cl2N3O3S.BrH/c20-11-1-3-12(4-2-11)22-19-23-16(10-28-19)18-8-7-17(27-18)14-6-5-13(24(25)26)9-15(14)21;/h1-10H,(H,22,23);1H. The zero-order chi connectivity index (χ0) is 19.7. The molecule has 0 radical (unpaired) electrons. The first-order chi connectivity index (χ1) is 13.5. The largest absolute Gasteiger partial charge is 1.00 e. The molecule has 2 aromatic heterocycles. The molecule has 0 aliphatic carbocycles. The summed E-state index contributed by atoms with van der Waals surface area (Å²) in [6.45, 7) is 0. The predicted octanol–water partition coefficient (Wildman–Crippen LogP) is 2.82. The van der Waals surface area contributed by atoms with Gasteiger partial charge in [-0.05, 0) is 30.3 Å². The Hall–Kier alpha value is -2.23. The number of nitrogens with zero attached hydrogens (tertiary/aromatic N) is 2. The highest BCUT2D eigenvalue weighted by Gasteiger charge is 2.16. The number of hydrogen-bond acceptors (Lipinski definition) is 5. The summed E-state index contributed by atoms with van der Waals surface area (Å²) >= 11 is 13.6. The SMILES string of the molecule is O=[N+]([O-])c1ccc(-c2ccc(-c3csc([NH2+]c4ccc(Cl)cc4)n3)o2)c(Cl)c1.[Br-]. The Morgan fingerprint density at radius 2 is 1.76 bits per heavy atom. The molecule has 2 aromatic carbocycles. The smallest absolute Gasteiger partial charge is 0.288 e. The van der Waals surface area contributed by atoms with Gasteiger partial charge in [-0.15, -0.1) is 0 Å². The van der Waals surface area contributed by atoms with E-state index >= 15 is 0 Å². The normalized spacial score (nSPS) is 10.6. The predicted molar refractivity (Wildman–Crippen MR) is 110 cm³/mol. The monoisotopic (exact) mass is 511 g/mol. The van der Waals surface area contributed by atoms with Crippen molar-refractivity contribution >= 4 is 51.0 Å². The molecule has 2 N–H and O–H groups in total. The molecular weight excluding hydrogens is 501 g/mol. The van der Waals surface area contributed by atoms with Crippen molar-refractivity contribution in [2.75, 3.05) is 0 Å². The third kappa shape index (κ3) is 4.85. The van der Waals surface area contributed by atoms with E-state index in [9.17, 15) is 10.1 Å². The minimum Gasteiger partial charge on any atom is -1.00 e. The number of quaternary nitrogens is 1. The second kappa shape index (κ2) is 9.06. The molecule has 0 saturated heterocycles. The summed E-state index contributed by atoms with van der Waals surface area (Å²) in [5.41, 5.74) is 2.22. The molecule has 0 bridgehead atoms. The van der Waals surface area contributed by atoms with Gasteiger partial charge in [0.25, 0.3) is 10.8 Å². The van der Waals surface area contributed by atoms with E-state index in [0.717, 1.165) is 10.8 Å². The van der Waals surface area contributed by atoms with Crippen molar-refractivity contribution in [1.29, 1.82) is 0 Å². The van der Waals surface area contributed by atoms with Crippen LogP contribution in [0.3, 0.4) is 0 Å². The Morgan fingerprint density at radius 3 is 2.45 bits per heavy atom. The van der Waals surface area contributed by atoms with E-state index in [4.69, 9.17) is 27.6 Å². The second-order valence-corrected chi connectivity index (χ2v) is 7.59. The van der Waals surface area contributed by atoms with Crippen molar-refractivity contribution in [3.63, 3.8) is 0 Å². The molecule has 29 heavy (non-hydrogen) atoms. The molecule has 0 amide bonds. The van der Waals surface area contributed by atoms with Crippen molar-refractivity contribution < 1.29 is 31.6 Å². The quantitative estimate of drug-likeness (QED) is 0.253. The van der Waals surface area contributed by atoms with E-state index in [2.05, 4.69) is 4.98 Å². The van der Waals surface area contributed by atoms with Crippen LogP contribution in [-0.4, -0.2) is 9.91 Å². The number of thiazole rings is 1. The van der Waals surface area contributed by atoms with Gasteiger partial charge < -0.3 is 21.4 Å². The Labute approximate surface area is 190 Å². The number of benzene rings is 2. The number of nitro groups is 1. The van der Waals surface area contributed by atoms with Gasteiger partial charge in [0.15, 0.2) is 5.76 Å². The summed E-state index contributed by atoms with van der Waals surface area (Å²) in [7, 11) is 0. The third-order valence-corrected chi connectivity index (χ3v) is 5.33. The average Bonchev–Trinajstić information content (AvgIpc) is 3.33. The summed E-state index contributed by atoms with van der Waals surface area (Å²) in [6, 6.07) is 15.3. The van der Waals surface area contributed by atoms with Crippen LogP contribution < -0.4 is 22.3 Å². The van der Waals surface area contributed by atoms with Gasteiger partial charge in [0.1, 0.15) is 17.1 Å². The molecule has 2 heterocycles. The maximum Gasteiger partial charge on any atom is 0.288 e. The number of rotatable bonds is 5. The summed E-state index contributed by atoms with van der Waals surface area (Å²) in [5, 5.41) is 16.5. The van der Waals surface area contributed by atoms with Gasteiger partial charge in [-0.2, -0.15) is 4.98 Å². The Morgan fingerprint density at radius 1 is 1.03 bits per heavy atom. The van der Waals surface area contributed by atoms with Crippen LogP contribution in [0, 0.1) is 10.1 Å². The van der Waals surface area contributed by atoms with E-state index in [-0.39, 0.29) is 27.7 Å². The zero-order valence-electron chi connectivity index (χ0n) is 14.5. The molecule has 4 rings (SSSR count). The molecule has 0 unspecified atom stereocenters. The molecule has 0 atom stereocenters. The number of non-ortho nitro benzene ring substituents is 1. The van der Waals surface area contributed by atoms with Gasteiger partial charge in [-0.3, -0.25) is 15.4 Å². The van der Waals surface area contributed by atoms with E-state index in [1.807, 2.05) is 35.0 Å². The van der Waals surface area contributed by atoms with Gasteiger partial charge in [0.05, 0.1) is 9.95 Å². The van der Waals surface area contributed by atoms with Crippen LogP contribution in [0.4, 0.5) is 16.5 Å². The van der Waals surface area contributed by atoms with E-state index in [1.54, 1.807) is 18.2 Å². The maximum absolute atomic E-state index is 10.8. The fraction of sp³-hybridized carbons (Fsp3) is 0. The van der Waals surface area contributed by atoms with Gasteiger partial charge in [0, 0.05) is 40.2 Å². The van der Waals surface area contributed by atoms with Crippen LogP contribution in [0.25, 0.3) is 22.8 Å². The number of nitrogens with two attached hydrogens (primary N) is 1. The van der Waals surface area contributed by atoms with Crippen molar-refractivity contribution in [1.82, 2.24) is 4.98 Å². The minimum absolute atomic E-state index is 0. The molecule has 10 heteroatoms. The van der Waals surface area contributed by atoms with Crippen molar-refractivity contribution in [3.8, 4) is 22.8 Å². The second-order valence-electron chi connectivity index (χ2n) is 5.85. The van der Waals surface area contributed by atoms with Crippen LogP contribution in [0.2, 0.25) is 10.0 Å². The van der Waals surface area contributed by atoms with Gasteiger partial charge >= 0.3 is 0 Å². The zero-order valence-corrected chi connectivity index (χ0v) is 18.4. The number of furan rings is 1. The highest BCUT2D eigenvalue weighted by Crippen LogP contribution is 2.35. The number of hydrogen-bond donors (Lipinski definition) is 1. The molecule has 6 nitrogen and oxygen atoms in total. The molecule has 0 aliphatic rings. The molecule has 148 valence electrons. The third-order valence-electron chi connectivity index (χ3n) is 3.97. The minimum atomic E-state index is -0.489. The number of nitro benzene ring substituents is 1. The van der Waals surface area contributed by atoms with E-state index in [0.29, 0.717) is 27.8 Å². The summed E-state index contributed by atoms with van der Waals surface area (Å²) in [6.07, 6.45) is 0. The highest BCUT2D eigenvalue weighted by atomic mass is 79.9. The maximum atomic E-state index is 10.8. The van der Waals surface area contributed by atoms with Crippen molar-refractivity contribution in [2.24, 2.45) is 0 Å². The summed E-state index contributed by atoms with van der Waals surface area (Å²) < 4.78 is 5.87. The molecule has 0 aliphatic heterocycles. The van der Waals surface area contributed by atoms with Crippen LogP contribution in [0.15, 0.2) is 64.4 Å². The lowest BCUT2D eigenvalue weighted by Crippen LogP contribution is -3.00.